The number of fused-ring (bicyclic) bond motifs is 1. The molecule has 9 nitrogen and oxygen atoms in total. The molecule has 0 bridgehead atoms. The number of hydrogen-bond acceptors (Lipinski definition) is 9. The number of nitrogens with zero attached hydrogens (tertiary/aromatic N) is 3. The topological polar surface area (TPSA) is 127 Å². The maximum atomic E-state index is 13.3. The van der Waals surface area contributed by atoms with Gasteiger partial charge in [-0.25, -0.2) is 14.7 Å². The lowest BCUT2D eigenvalue weighted by atomic mass is 10.1. The number of anilines is 1. The van der Waals surface area contributed by atoms with Crippen LogP contribution in [0.4, 0.5) is 5.69 Å². The number of rotatable bonds is 8. The molecule has 1 aliphatic heterocycles. The first-order chi connectivity index (χ1) is 19.9. The number of carbonyl (C=O) groups excluding carboxylic acids is 4. The molecule has 1 aliphatic carbocycles. The average Bonchev–Trinajstić information content (AvgIpc) is 3.13. The second-order valence-corrected chi connectivity index (χ2v) is 11.0. The van der Waals surface area contributed by atoms with Crippen LogP contribution >= 0.6 is 11.8 Å². The molecule has 0 N–H and O–H groups in total. The number of pyridine rings is 1. The Balaban J connectivity index is 1.23. The first-order valence-corrected chi connectivity index (χ1v) is 14.2. The van der Waals surface area contributed by atoms with Crippen LogP contribution < -0.4 is 9.64 Å². The summed E-state index contributed by atoms with van der Waals surface area (Å²) in [4.78, 5) is 56.8. The molecule has 2 aliphatic rings. The Kier molecular flexibility index (Phi) is 8.45. The van der Waals surface area contributed by atoms with Gasteiger partial charge in [-0.15, -0.1) is 0 Å². The minimum Gasteiger partial charge on any atom is -0.497 e. The molecule has 41 heavy (non-hydrogen) atoms. The van der Waals surface area contributed by atoms with Crippen LogP contribution in [0, 0.1) is 11.3 Å². The third kappa shape index (κ3) is 6.15. The van der Waals surface area contributed by atoms with E-state index >= 15 is 0 Å². The van der Waals surface area contributed by atoms with Crippen LogP contribution in [0.3, 0.4) is 0 Å². The van der Waals surface area contributed by atoms with E-state index in [0.717, 1.165) is 60.0 Å². The molecule has 3 aromatic rings. The molecule has 2 aromatic carbocycles. The summed E-state index contributed by atoms with van der Waals surface area (Å²) in [5.41, 5.74) is 3.35. The predicted molar refractivity (Wildman–Crippen MR) is 151 cm³/mol. The minimum absolute atomic E-state index is 0.0234. The van der Waals surface area contributed by atoms with E-state index in [-0.39, 0.29) is 23.7 Å². The molecule has 5 rings (SSSR count). The maximum absolute atomic E-state index is 13.3. The zero-order chi connectivity index (χ0) is 28.9. The maximum Gasteiger partial charge on any atom is 0.338 e. The standard InChI is InChI=1S/C31H27N3O6S/c1-39-24-13-9-19(10-14-24)26(35)18-40-31(38)20-7-11-23(12-8-20)34-28(36)16-27(30(34)37)41-29-22(17-32)15-21-5-3-2-4-6-25(21)33-29/h7-15,27H,2-6,16,18H2,1H3. The van der Waals surface area contributed by atoms with Crippen molar-refractivity contribution in [3.63, 3.8) is 0 Å². The fourth-order valence-corrected chi connectivity index (χ4v) is 5.98. The number of hydrogen-bond donors (Lipinski definition) is 0. The highest BCUT2D eigenvalue weighted by atomic mass is 32.2. The van der Waals surface area contributed by atoms with Crippen LogP contribution in [0.2, 0.25) is 0 Å². The zero-order valence-electron chi connectivity index (χ0n) is 22.4. The number of aromatic nitrogens is 1. The van der Waals surface area contributed by atoms with E-state index in [1.807, 2.05) is 6.07 Å². The van der Waals surface area contributed by atoms with Gasteiger partial charge in [0.05, 0.1) is 29.2 Å². The number of thioether (sulfide) groups is 1. The lowest BCUT2D eigenvalue weighted by Crippen LogP contribution is -2.31. The van der Waals surface area contributed by atoms with Crippen molar-refractivity contribution in [2.45, 2.75) is 48.8 Å². The quantitative estimate of drug-likeness (QED) is 0.164. The van der Waals surface area contributed by atoms with Crippen LogP contribution in [-0.2, 0) is 27.2 Å². The lowest BCUT2D eigenvalue weighted by Gasteiger charge is -2.16. The van der Waals surface area contributed by atoms with Gasteiger partial charge < -0.3 is 9.47 Å². The van der Waals surface area contributed by atoms with Gasteiger partial charge in [-0.3, -0.25) is 14.4 Å². The van der Waals surface area contributed by atoms with Gasteiger partial charge in [0.15, 0.2) is 12.4 Å². The van der Waals surface area contributed by atoms with Crippen LogP contribution in [0.1, 0.15) is 63.2 Å². The Morgan fingerprint density at radius 1 is 1.02 bits per heavy atom. The summed E-state index contributed by atoms with van der Waals surface area (Å²) >= 11 is 1.15. The normalized spacial score (nSPS) is 16.5. The summed E-state index contributed by atoms with van der Waals surface area (Å²) < 4.78 is 10.2. The molecule has 1 aromatic heterocycles. The molecule has 0 radical (unpaired) electrons. The number of imide groups is 1. The second-order valence-electron chi connectivity index (χ2n) is 9.77. The largest absolute Gasteiger partial charge is 0.497 e. The van der Waals surface area contributed by atoms with E-state index in [0.29, 0.717) is 27.6 Å². The predicted octanol–water partition coefficient (Wildman–Crippen LogP) is 4.69. The molecule has 1 fully saturated rings. The number of Topliss-reactive ketones (excluding diaryl/α,β-unsaturated/α-hetero) is 1. The number of ether oxygens (including phenoxy) is 2. The lowest BCUT2D eigenvalue weighted by molar-refractivity contribution is -0.121. The summed E-state index contributed by atoms with van der Waals surface area (Å²) in [6.45, 7) is -0.434. The molecule has 208 valence electrons. The van der Waals surface area contributed by atoms with E-state index < -0.39 is 23.7 Å². The Bertz CT molecular complexity index is 1550. The van der Waals surface area contributed by atoms with Crippen molar-refractivity contribution in [3.05, 3.63) is 82.5 Å². The third-order valence-corrected chi connectivity index (χ3v) is 8.29. The molecular formula is C31H27N3O6S. The van der Waals surface area contributed by atoms with E-state index in [1.54, 1.807) is 24.3 Å². The van der Waals surface area contributed by atoms with Crippen molar-refractivity contribution in [1.82, 2.24) is 4.98 Å². The second kappa shape index (κ2) is 12.4. The minimum atomic E-state index is -0.709. The number of esters is 1. The molecule has 0 spiro atoms. The zero-order valence-corrected chi connectivity index (χ0v) is 23.2. The number of nitriles is 1. The first-order valence-electron chi connectivity index (χ1n) is 13.3. The van der Waals surface area contributed by atoms with E-state index in [9.17, 15) is 24.4 Å². The fraction of sp³-hybridized carbons (Fsp3) is 0.290. The van der Waals surface area contributed by atoms with Crippen molar-refractivity contribution >= 4 is 41.0 Å². The molecule has 2 amide bonds. The molecule has 1 atom stereocenters. The Hall–Kier alpha value is -4.49. The van der Waals surface area contributed by atoms with Gasteiger partial charge in [-0.05, 0) is 85.8 Å². The van der Waals surface area contributed by atoms with Gasteiger partial charge in [0.2, 0.25) is 11.8 Å². The summed E-state index contributed by atoms with van der Waals surface area (Å²) in [6, 6.07) is 16.4. The van der Waals surface area contributed by atoms with Gasteiger partial charge >= 0.3 is 5.97 Å². The number of methoxy groups -OCH3 is 1. The number of benzene rings is 2. The Morgan fingerprint density at radius 2 is 1.73 bits per heavy atom. The van der Waals surface area contributed by atoms with Crippen LogP contribution in [0.5, 0.6) is 5.75 Å². The Labute approximate surface area is 241 Å². The monoisotopic (exact) mass is 569 g/mol. The van der Waals surface area contributed by atoms with Gasteiger partial charge in [0.1, 0.15) is 16.8 Å². The highest BCUT2D eigenvalue weighted by Crippen LogP contribution is 2.36. The van der Waals surface area contributed by atoms with Gasteiger partial charge in [0.25, 0.3) is 0 Å². The van der Waals surface area contributed by atoms with Crippen molar-refractivity contribution in [2.24, 2.45) is 0 Å². The van der Waals surface area contributed by atoms with Crippen LogP contribution in [0.25, 0.3) is 0 Å². The van der Waals surface area contributed by atoms with Crippen molar-refractivity contribution < 1.29 is 28.7 Å². The highest BCUT2D eigenvalue weighted by molar-refractivity contribution is 8.00. The SMILES string of the molecule is COc1ccc(C(=O)COC(=O)c2ccc(N3C(=O)CC(Sc4nc5c(cc4C#N)CCCCC5)C3=O)cc2)cc1. The van der Waals surface area contributed by atoms with Crippen molar-refractivity contribution in [3.8, 4) is 11.8 Å². The number of ketones is 1. The molecular weight excluding hydrogens is 542 g/mol. The molecule has 0 saturated carbocycles. The Morgan fingerprint density at radius 3 is 2.44 bits per heavy atom. The summed E-state index contributed by atoms with van der Waals surface area (Å²) in [6.07, 6.45) is 4.91. The van der Waals surface area contributed by atoms with Gasteiger partial charge in [-0.2, -0.15) is 5.26 Å². The number of amides is 2. The number of carbonyl (C=O) groups is 4. The summed E-state index contributed by atoms with van der Waals surface area (Å²) in [5, 5.41) is 9.47. The third-order valence-electron chi connectivity index (χ3n) is 7.10. The fourth-order valence-electron chi connectivity index (χ4n) is 4.88. The molecule has 10 heteroatoms. The first kappa shape index (κ1) is 28.1. The number of aryl methyl sites for hydroxylation is 2. The van der Waals surface area contributed by atoms with E-state index in [4.69, 9.17) is 14.5 Å². The van der Waals surface area contributed by atoms with Crippen molar-refractivity contribution in [2.75, 3.05) is 18.6 Å². The van der Waals surface area contributed by atoms with Gasteiger partial charge in [0, 0.05) is 17.7 Å². The van der Waals surface area contributed by atoms with Crippen molar-refractivity contribution in [1.29, 1.82) is 5.26 Å². The highest BCUT2D eigenvalue weighted by Gasteiger charge is 2.41. The average molecular weight is 570 g/mol. The van der Waals surface area contributed by atoms with E-state index in [1.165, 1.54) is 31.4 Å². The summed E-state index contributed by atoms with van der Waals surface area (Å²) in [5.74, 6) is -1.24. The smallest absolute Gasteiger partial charge is 0.338 e. The van der Waals surface area contributed by atoms with Gasteiger partial charge in [-0.1, -0.05) is 18.2 Å². The molecule has 1 saturated heterocycles. The summed E-state index contributed by atoms with van der Waals surface area (Å²) in [7, 11) is 1.52. The van der Waals surface area contributed by atoms with E-state index in [2.05, 4.69) is 6.07 Å². The van der Waals surface area contributed by atoms with Crippen LogP contribution in [-0.4, -0.2) is 47.5 Å². The van der Waals surface area contributed by atoms with Crippen LogP contribution in [0.15, 0.2) is 59.6 Å². The molecule has 1 unspecified atom stereocenters. The molecule has 2 heterocycles.